The lowest BCUT2D eigenvalue weighted by atomic mass is 10.2. The minimum absolute atomic E-state index is 0.403. The third kappa shape index (κ3) is 3.24. The van der Waals surface area contributed by atoms with E-state index in [1.165, 1.54) is 12.7 Å². The van der Waals surface area contributed by atoms with E-state index in [2.05, 4.69) is 0 Å². The van der Waals surface area contributed by atoms with Gasteiger partial charge in [-0.3, -0.25) is 4.79 Å². The maximum atomic E-state index is 10.2. The van der Waals surface area contributed by atoms with Gasteiger partial charge in [-0.1, -0.05) is 18.2 Å². The molecule has 0 heterocycles. The number of para-hydroxylation sites is 1. The lowest BCUT2D eigenvalue weighted by Gasteiger charge is -2.24. The maximum Gasteiger partial charge on any atom is 0.295 e. The number of hydrogen-bond acceptors (Lipinski definition) is 4. The number of nitrogens with zero attached hydrogens (tertiary/aromatic N) is 1. The quantitative estimate of drug-likeness (QED) is 0.542. The predicted octanol–water partition coefficient (Wildman–Crippen LogP) is 1.58. The summed E-state index contributed by atoms with van der Waals surface area (Å²) in [5, 5.41) is 0. The van der Waals surface area contributed by atoms with Crippen LogP contribution in [0.3, 0.4) is 0 Å². The van der Waals surface area contributed by atoms with Gasteiger partial charge in [0.15, 0.2) is 0 Å². The number of methoxy groups -OCH3 is 1. The van der Waals surface area contributed by atoms with Gasteiger partial charge < -0.3 is 14.4 Å². The van der Waals surface area contributed by atoms with E-state index in [1.807, 2.05) is 43.1 Å². The van der Waals surface area contributed by atoms with Crippen molar-refractivity contribution in [1.82, 2.24) is 0 Å². The van der Waals surface area contributed by atoms with Crippen molar-refractivity contribution in [3.8, 4) is 0 Å². The van der Waals surface area contributed by atoms with Gasteiger partial charge in [0, 0.05) is 19.8 Å². The molecule has 0 aliphatic heterocycles. The van der Waals surface area contributed by atoms with Gasteiger partial charge in [0.05, 0.1) is 6.54 Å². The van der Waals surface area contributed by atoms with E-state index >= 15 is 0 Å². The van der Waals surface area contributed by atoms with Crippen LogP contribution in [0.5, 0.6) is 0 Å². The zero-order chi connectivity index (χ0) is 12.0. The van der Waals surface area contributed by atoms with Crippen LogP contribution in [0.2, 0.25) is 0 Å². The molecule has 0 fully saturated rings. The first kappa shape index (κ1) is 12.5. The summed E-state index contributed by atoms with van der Waals surface area (Å²) in [6.45, 7) is 2.94. The lowest BCUT2D eigenvalue weighted by molar-refractivity contribution is -0.155. The smallest absolute Gasteiger partial charge is 0.295 e. The van der Waals surface area contributed by atoms with Crippen molar-refractivity contribution >= 4 is 12.2 Å². The standard InChI is InChI=1S/C12H17NO3/c1-10-6-4-5-7-11(10)13(2)8-12(15-3)16-9-14/h4-7,9,12H,8H2,1-3H3. The molecular formula is C12H17NO3. The molecule has 4 heteroatoms. The number of aryl methyl sites for hydroxylation is 1. The van der Waals surface area contributed by atoms with Crippen LogP contribution in [0.4, 0.5) is 5.69 Å². The molecule has 0 aliphatic rings. The first-order chi connectivity index (χ1) is 7.69. The predicted molar refractivity (Wildman–Crippen MR) is 62.4 cm³/mol. The molecule has 0 radical (unpaired) electrons. The molecule has 0 amide bonds. The molecule has 0 bridgehead atoms. The second-order valence-corrected chi connectivity index (χ2v) is 3.56. The number of ether oxygens (including phenoxy) is 2. The van der Waals surface area contributed by atoms with E-state index < -0.39 is 6.29 Å². The lowest BCUT2D eigenvalue weighted by Crippen LogP contribution is -2.32. The normalized spacial score (nSPS) is 11.9. The van der Waals surface area contributed by atoms with Gasteiger partial charge in [-0.2, -0.15) is 0 Å². The highest BCUT2D eigenvalue weighted by Gasteiger charge is 2.12. The van der Waals surface area contributed by atoms with Crippen molar-refractivity contribution < 1.29 is 14.3 Å². The average Bonchev–Trinajstić information content (AvgIpc) is 2.28. The van der Waals surface area contributed by atoms with Crippen molar-refractivity contribution in [1.29, 1.82) is 0 Å². The Morgan fingerprint density at radius 3 is 2.69 bits per heavy atom. The zero-order valence-electron chi connectivity index (χ0n) is 9.84. The summed E-state index contributed by atoms with van der Waals surface area (Å²) in [5.74, 6) is 0. The minimum atomic E-state index is -0.540. The number of carbonyl (C=O) groups is 1. The third-order valence-electron chi connectivity index (χ3n) is 2.42. The summed E-state index contributed by atoms with van der Waals surface area (Å²) in [7, 11) is 3.45. The topological polar surface area (TPSA) is 38.8 Å². The molecule has 1 aromatic carbocycles. The van der Waals surface area contributed by atoms with E-state index in [-0.39, 0.29) is 0 Å². The molecule has 1 aromatic rings. The first-order valence-corrected chi connectivity index (χ1v) is 5.07. The monoisotopic (exact) mass is 223 g/mol. The van der Waals surface area contributed by atoms with E-state index in [0.29, 0.717) is 13.0 Å². The van der Waals surface area contributed by atoms with Crippen molar-refractivity contribution in [2.45, 2.75) is 13.2 Å². The van der Waals surface area contributed by atoms with Gasteiger partial charge in [0.2, 0.25) is 6.29 Å². The fourth-order valence-corrected chi connectivity index (χ4v) is 1.55. The summed E-state index contributed by atoms with van der Waals surface area (Å²) >= 11 is 0. The van der Waals surface area contributed by atoms with Crippen molar-refractivity contribution in [3.05, 3.63) is 29.8 Å². The Labute approximate surface area is 95.8 Å². The molecule has 0 saturated carbocycles. The molecule has 1 rings (SSSR count). The summed E-state index contributed by atoms with van der Waals surface area (Å²) in [5.41, 5.74) is 2.27. The fraction of sp³-hybridized carbons (Fsp3) is 0.417. The number of likely N-dealkylation sites (N-methyl/N-ethyl adjacent to an activating group) is 1. The molecule has 88 valence electrons. The Bertz CT molecular complexity index is 341. The van der Waals surface area contributed by atoms with Crippen LogP contribution in [0.1, 0.15) is 5.56 Å². The third-order valence-corrected chi connectivity index (χ3v) is 2.42. The number of anilines is 1. The highest BCUT2D eigenvalue weighted by atomic mass is 16.7. The minimum Gasteiger partial charge on any atom is -0.436 e. The largest absolute Gasteiger partial charge is 0.436 e. The molecule has 1 unspecified atom stereocenters. The zero-order valence-corrected chi connectivity index (χ0v) is 9.84. The molecule has 0 saturated heterocycles. The van der Waals surface area contributed by atoms with Gasteiger partial charge in [0.1, 0.15) is 0 Å². The number of benzene rings is 1. The van der Waals surface area contributed by atoms with Crippen LogP contribution in [0.15, 0.2) is 24.3 Å². The number of rotatable bonds is 6. The molecule has 0 N–H and O–H groups in total. The van der Waals surface area contributed by atoms with Crippen LogP contribution in [-0.4, -0.2) is 33.5 Å². The van der Waals surface area contributed by atoms with E-state index in [9.17, 15) is 4.79 Å². The van der Waals surface area contributed by atoms with Gasteiger partial charge in [0.25, 0.3) is 6.47 Å². The van der Waals surface area contributed by atoms with Gasteiger partial charge >= 0.3 is 0 Å². The van der Waals surface area contributed by atoms with Crippen LogP contribution in [-0.2, 0) is 14.3 Å². The van der Waals surface area contributed by atoms with Gasteiger partial charge in [-0.15, -0.1) is 0 Å². The van der Waals surface area contributed by atoms with E-state index in [0.717, 1.165) is 5.69 Å². The molecule has 0 aromatic heterocycles. The van der Waals surface area contributed by atoms with E-state index in [1.54, 1.807) is 0 Å². The van der Waals surface area contributed by atoms with Crippen molar-refractivity contribution in [2.75, 3.05) is 25.6 Å². The Morgan fingerprint density at radius 2 is 2.12 bits per heavy atom. The second kappa shape index (κ2) is 6.12. The maximum absolute atomic E-state index is 10.2. The molecule has 16 heavy (non-hydrogen) atoms. The second-order valence-electron chi connectivity index (χ2n) is 3.56. The van der Waals surface area contributed by atoms with Crippen molar-refractivity contribution in [3.63, 3.8) is 0 Å². The number of hydrogen-bond donors (Lipinski definition) is 0. The molecule has 4 nitrogen and oxygen atoms in total. The molecule has 0 aliphatic carbocycles. The van der Waals surface area contributed by atoms with Gasteiger partial charge in [-0.25, -0.2) is 0 Å². The Hall–Kier alpha value is -1.55. The summed E-state index contributed by atoms with van der Waals surface area (Å²) < 4.78 is 9.81. The van der Waals surface area contributed by atoms with Gasteiger partial charge in [-0.05, 0) is 18.6 Å². The SMILES string of the molecule is COC(CN(C)c1ccccc1C)OC=O. The fourth-order valence-electron chi connectivity index (χ4n) is 1.55. The average molecular weight is 223 g/mol. The van der Waals surface area contributed by atoms with Crippen LogP contribution >= 0.6 is 0 Å². The summed E-state index contributed by atoms with van der Waals surface area (Å²) in [6, 6.07) is 8.01. The molecule has 0 spiro atoms. The van der Waals surface area contributed by atoms with Crippen molar-refractivity contribution in [2.24, 2.45) is 0 Å². The van der Waals surface area contributed by atoms with Crippen LogP contribution < -0.4 is 4.90 Å². The highest BCUT2D eigenvalue weighted by Crippen LogP contribution is 2.18. The number of carbonyl (C=O) groups excluding carboxylic acids is 1. The Kier molecular flexibility index (Phi) is 4.79. The Morgan fingerprint density at radius 1 is 1.44 bits per heavy atom. The van der Waals surface area contributed by atoms with E-state index in [4.69, 9.17) is 9.47 Å². The molecule has 1 atom stereocenters. The highest BCUT2D eigenvalue weighted by molar-refractivity contribution is 5.52. The Balaban J connectivity index is 2.67. The van der Waals surface area contributed by atoms with Crippen LogP contribution in [0, 0.1) is 6.92 Å². The molecular weight excluding hydrogens is 206 g/mol. The van der Waals surface area contributed by atoms with Crippen LogP contribution in [0.25, 0.3) is 0 Å². The summed E-state index contributed by atoms with van der Waals surface area (Å²) in [4.78, 5) is 12.2. The first-order valence-electron chi connectivity index (χ1n) is 5.07. The summed E-state index contributed by atoms with van der Waals surface area (Å²) in [6.07, 6.45) is -0.540.